The average Bonchev–Trinajstić information content (AvgIpc) is 2.51. The van der Waals surface area contributed by atoms with Crippen LogP contribution in [-0.4, -0.2) is 29.6 Å². The second kappa shape index (κ2) is 9.32. The van der Waals surface area contributed by atoms with Gasteiger partial charge in [0.15, 0.2) is 0 Å². The quantitative estimate of drug-likeness (QED) is 0.546. The molecule has 1 aromatic carbocycles. The summed E-state index contributed by atoms with van der Waals surface area (Å²) < 4.78 is 18.7. The zero-order chi connectivity index (χ0) is 16.5. The Hall–Kier alpha value is -1.73. The first kappa shape index (κ1) is 18.3. The van der Waals surface area contributed by atoms with Gasteiger partial charge in [-0.1, -0.05) is 0 Å². The Balaban J connectivity index is 2.81. The maximum absolute atomic E-state index is 13.8. The Labute approximate surface area is 131 Å². The lowest BCUT2D eigenvalue weighted by Crippen LogP contribution is -2.16. The molecule has 0 bridgehead atoms. The molecule has 0 saturated heterocycles. The molecule has 9 heteroatoms. The molecule has 1 aromatic rings. The fourth-order valence-corrected chi connectivity index (χ4v) is 2.71. The maximum atomic E-state index is 13.8. The monoisotopic (exact) mass is 329 g/mol. The second-order valence-electron chi connectivity index (χ2n) is 4.32. The summed E-state index contributed by atoms with van der Waals surface area (Å²) in [5, 5.41) is 19.4. The molecule has 22 heavy (non-hydrogen) atoms. The van der Waals surface area contributed by atoms with Gasteiger partial charge in [0.1, 0.15) is 11.9 Å². The van der Waals surface area contributed by atoms with Crippen LogP contribution in [0, 0.1) is 27.3 Å². The number of nitrogens with zero attached hydrogens (tertiary/aromatic N) is 2. The lowest BCUT2D eigenvalue weighted by atomic mass is 10.1. The van der Waals surface area contributed by atoms with Crippen LogP contribution in [0.15, 0.2) is 18.2 Å². The van der Waals surface area contributed by atoms with E-state index in [1.165, 1.54) is 18.9 Å². The molecular formula is C13H16FN3O4S. The van der Waals surface area contributed by atoms with Crippen molar-refractivity contribution in [2.75, 3.05) is 19.5 Å². The van der Waals surface area contributed by atoms with Crippen LogP contribution in [0.3, 0.4) is 0 Å². The van der Waals surface area contributed by atoms with E-state index in [9.17, 15) is 14.5 Å². The number of methoxy groups -OCH3 is 1. The van der Waals surface area contributed by atoms with Gasteiger partial charge in [-0.25, -0.2) is 10.3 Å². The number of halogens is 1. The number of non-ortho nitro benzene ring substituents is 1. The number of nitro groups is 1. The summed E-state index contributed by atoms with van der Waals surface area (Å²) in [6.07, 6.45) is -0.380. The smallest absolute Gasteiger partial charge is 0.270 e. The van der Waals surface area contributed by atoms with Crippen LogP contribution in [0.4, 0.5) is 10.1 Å². The maximum Gasteiger partial charge on any atom is 0.270 e. The van der Waals surface area contributed by atoms with Gasteiger partial charge in [0.25, 0.3) is 5.69 Å². The van der Waals surface area contributed by atoms with Gasteiger partial charge in [0.05, 0.1) is 16.2 Å². The topological polar surface area (TPSA) is 111 Å². The molecule has 0 aliphatic heterocycles. The van der Waals surface area contributed by atoms with Gasteiger partial charge < -0.3 is 4.74 Å². The molecule has 2 unspecified atom stereocenters. The molecule has 0 radical (unpaired) electrons. The van der Waals surface area contributed by atoms with Crippen molar-refractivity contribution in [3.63, 3.8) is 0 Å². The van der Waals surface area contributed by atoms with Crippen molar-refractivity contribution in [1.29, 1.82) is 5.26 Å². The van der Waals surface area contributed by atoms with Crippen molar-refractivity contribution in [1.82, 2.24) is 0 Å². The van der Waals surface area contributed by atoms with Crippen molar-refractivity contribution >= 4 is 17.4 Å². The molecule has 0 saturated carbocycles. The number of nitrogens with two attached hydrogens (primary N) is 1. The van der Waals surface area contributed by atoms with Crippen LogP contribution in [-0.2, 0) is 9.57 Å². The summed E-state index contributed by atoms with van der Waals surface area (Å²) in [7, 11) is 1.53. The highest BCUT2D eigenvalue weighted by molar-refractivity contribution is 8.00. The highest BCUT2D eigenvalue weighted by Gasteiger charge is 2.21. The summed E-state index contributed by atoms with van der Waals surface area (Å²) in [6, 6.07) is 5.25. The van der Waals surface area contributed by atoms with Crippen LogP contribution in [0.1, 0.15) is 18.1 Å². The summed E-state index contributed by atoms with van der Waals surface area (Å²) in [5.74, 6) is 4.71. The molecule has 2 N–H and O–H groups in total. The fourth-order valence-electron chi connectivity index (χ4n) is 1.71. The third-order valence-corrected chi connectivity index (χ3v) is 4.12. The first-order valence-electron chi connectivity index (χ1n) is 6.33. The number of ether oxygens (including phenoxy) is 1. The highest BCUT2D eigenvalue weighted by Crippen LogP contribution is 2.29. The van der Waals surface area contributed by atoms with Gasteiger partial charge in [-0.2, -0.15) is 5.26 Å². The molecule has 120 valence electrons. The van der Waals surface area contributed by atoms with E-state index >= 15 is 0 Å². The Morgan fingerprint density at radius 2 is 2.32 bits per heavy atom. The van der Waals surface area contributed by atoms with Gasteiger partial charge in [0.2, 0.25) is 0 Å². The zero-order valence-electron chi connectivity index (χ0n) is 11.9. The minimum atomic E-state index is -0.886. The van der Waals surface area contributed by atoms with Crippen LogP contribution < -0.4 is 5.90 Å². The zero-order valence-corrected chi connectivity index (χ0v) is 12.7. The van der Waals surface area contributed by atoms with Gasteiger partial charge in [0, 0.05) is 37.2 Å². The third-order valence-electron chi connectivity index (χ3n) is 2.88. The molecule has 0 aliphatic carbocycles. The highest BCUT2D eigenvalue weighted by atomic mass is 32.2. The lowest BCUT2D eigenvalue weighted by Gasteiger charge is -2.17. The molecule has 0 aromatic heterocycles. The molecule has 0 aliphatic rings. The predicted molar refractivity (Wildman–Crippen MR) is 79.4 cm³/mol. The van der Waals surface area contributed by atoms with E-state index in [1.54, 1.807) is 0 Å². The van der Waals surface area contributed by atoms with Crippen molar-refractivity contribution < 1.29 is 18.9 Å². The number of hydrogen-bond donors (Lipinski definition) is 1. The number of nitriles is 1. The molecular weight excluding hydrogens is 313 g/mol. The van der Waals surface area contributed by atoms with Crippen LogP contribution in [0.5, 0.6) is 0 Å². The Morgan fingerprint density at radius 1 is 1.59 bits per heavy atom. The van der Waals surface area contributed by atoms with Gasteiger partial charge in [-0.05, 0) is 12.5 Å². The Morgan fingerprint density at radius 3 is 2.86 bits per heavy atom. The molecule has 7 nitrogen and oxygen atoms in total. The first-order chi connectivity index (χ1) is 10.5. The van der Waals surface area contributed by atoms with Crippen molar-refractivity contribution in [3.05, 3.63) is 39.7 Å². The molecule has 1 rings (SSSR count). The average molecular weight is 329 g/mol. The normalized spacial score (nSPS) is 13.4. The number of benzene rings is 1. The summed E-state index contributed by atoms with van der Waals surface area (Å²) in [5.41, 5.74) is -0.257. The summed E-state index contributed by atoms with van der Waals surface area (Å²) in [6.45, 7) is 0.421. The minimum absolute atomic E-state index is 0.00682. The molecule has 2 atom stereocenters. The van der Waals surface area contributed by atoms with E-state index in [2.05, 4.69) is 6.07 Å². The van der Waals surface area contributed by atoms with Crippen molar-refractivity contribution in [2.45, 2.75) is 17.8 Å². The van der Waals surface area contributed by atoms with Crippen LogP contribution in [0.25, 0.3) is 0 Å². The fraction of sp³-hybridized carbons (Fsp3) is 0.462. The number of nitro benzene ring substituents is 1. The largest absolute Gasteiger partial charge is 0.385 e. The van der Waals surface area contributed by atoms with E-state index < -0.39 is 16.8 Å². The van der Waals surface area contributed by atoms with Gasteiger partial charge in [-0.3, -0.25) is 15.0 Å². The molecule has 0 spiro atoms. The van der Waals surface area contributed by atoms with Crippen LogP contribution >= 0.6 is 11.8 Å². The van der Waals surface area contributed by atoms with Crippen molar-refractivity contribution in [2.24, 2.45) is 5.90 Å². The number of hydrogen-bond acceptors (Lipinski definition) is 7. The van der Waals surface area contributed by atoms with E-state index in [4.69, 9.17) is 20.7 Å². The second-order valence-corrected chi connectivity index (χ2v) is 5.56. The minimum Gasteiger partial charge on any atom is -0.385 e. The Kier molecular flexibility index (Phi) is 7.76. The summed E-state index contributed by atoms with van der Waals surface area (Å²) in [4.78, 5) is 14.9. The van der Waals surface area contributed by atoms with E-state index in [0.29, 0.717) is 13.0 Å². The SMILES string of the molecule is COCCC(C#N)SCC(ON)c1cc([N+](=O)[O-])ccc1F. The molecule has 0 amide bonds. The van der Waals surface area contributed by atoms with E-state index in [0.717, 1.165) is 18.2 Å². The Bertz CT molecular complexity index is 553. The van der Waals surface area contributed by atoms with Gasteiger partial charge >= 0.3 is 0 Å². The predicted octanol–water partition coefficient (Wildman–Crippen LogP) is 2.33. The molecule has 0 fully saturated rings. The van der Waals surface area contributed by atoms with E-state index in [1.807, 2.05) is 0 Å². The van der Waals surface area contributed by atoms with Crippen molar-refractivity contribution in [3.8, 4) is 6.07 Å². The third kappa shape index (κ3) is 5.23. The number of thioether (sulfide) groups is 1. The van der Waals surface area contributed by atoms with E-state index in [-0.39, 0.29) is 22.3 Å². The number of rotatable bonds is 9. The molecule has 0 heterocycles. The summed E-state index contributed by atoms with van der Waals surface area (Å²) >= 11 is 1.23. The van der Waals surface area contributed by atoms with Gasteiger partial charge in [-0.15, -0.1) is 11.8 Å². The standard InChI is InChI=1S/C13H16FN3O4S/c1-20-5-4-10(7-15)22-8-13(21-16)11-6-9(17(18)19)2-3-12(11)14/h2-3,6,10,13H,4-5,8,16H2,1H3. The lowest BCUT2D eigenvalue weighted by molar-refractivity contribution is -0.385. The van der Waals surface area contributed by atoms with Crippen LogP contribution in [0.2, 0.25) is 0 Å². The first-order valence-corrected chi connectivity index (χ1v) is 7.37.